The fourth-order valence-corrected chi connectivity index (χ4v) is 3.00. The standard InChI is InChI=1S/C17H18BrN3/c1-10(2)21-16-7-5-12(18)9-15(16)20-17(21)13-8-11(3)4-6-14(13)19/h4-10H,19H2,1-3H3. The van der Waals surface area contributed by atoms with E-state index in [4.69, 9.17) is 10.7 Å². The number of fused-ring (bicyclic) bond motifs is 1. The third-order valence-electron chi connectivity index (χ3n) is 3.62. The SMILES string of the molecule is Cc1ccc(N)c(-c2nc3cc(Br)ccc3n2C(C)C)c1. The monoisotopic (exact) mass is 343 g/mol. The van der Waals surface area contributed by atoms with Gasteiger partial charge in [-0.25, -0.2) is 4.98 Å². The van der Waals surface area contributed by atoms with Crippen molar-refractivity contribution in [3.05, 3.63) is 46.4 Å². The Balaban J connectivity index is 2.36. The Kier molecular flexibility index (Phi) is 3.49. The number of halogens is 1. The van der Waals surface area contributed by atoms with Gasteiger partial charge in [-0.3, -0.25) is 0 Å². The first kappa shape index (κ1) is 14.1. The molecule has 0 aliphatic heterocycles. The van der Waals surface area contributed by atoms with Crippen molar-refractivity contribution >= 4 is 32.7 Å². The van der Waals surface area contributed by atoms with Crippen LogP contribution in [0.3, 0.4) is 0 Å². The van der Waals surface area contributed by atoms with Gasteiger partial charge in [-0.05, 0) is 51.1 Å². The number of imidazole rings is 1. The minimum Gasteiger partial charge on any atom is -0.398 e. The topological polar surface area (TPSA) is 43.8 Å². The number of aryl methyl sites for hydroxylation is 1. The molecule has 2 aromatic carbocycles. The summed E-state index contributed by atoms with van der Waals surface area (Å²) >= 11 is 3.51. The highest BCUT2D eigenvalue weighted by molar-refractivity contribution is 9.10. The van der Waals surface area contributed by atoms with Crippen molar-refractivity contribution < 1.29 is 0 Å². The van der Waals surface area contributed by atoms with Gasteiger partial charge in [-0.15, -0.1) is 0 Å². The van der Waals surface area contributed by atoms with E-state index in [1.54, 1.807) is 0 Å². The van der Waals surface area contributed by atoms with E-state index in [2.05, 4.69) is 53.4 Å². The van der Waals surface area contributed by atoms with Gasteiger partial charge in [0, 0.05) is 21.8 Å². The Morgan fingerprint density at radius 2 is 1.90 bits per heavy atom. The summed E-state index contributed by atoms with van der Waals surface area (Å²) in [5.41, 5.74) is 11.2. The van der Waals surface area contributed by atoms with Crippen LogP contribution in [0.15, 0.2) is 40.9 Å². The molecule has 1 aromatic heterocycles. The number of rotatable bonds is 2. The number of nitrogens with zero attached hydrogens (tertiary/aromatic N) is 2. The summed E-state index contributed by atoms with van der Waals surface area (Å²) in [4.78, 5) is 4.82. The largest absolute Gasteiger partial charge is 0.398 e. The van der Waals surface area contributed by atoms with Crippen LogP contribution in [-0.4, -0.2) is 9.55 Å². The molecule has 1 heterocycles. The average molecular weight is 344 g/mol. The second kappa shape index (κ2) is 5.19. The number of nitrogen functional groups attached to an aromatic ring is 1. The average Bonchev–Trinajstić information content (AvgIpc) is 2.79. The van der Waals surface area contributed by atoms with Crippen LogP contribution < -0.4 is 5.73 Å². The summed E-state index contributed by atoms with van der Waals surface area (Å²) in [5.74, 6) is 0.930. The van der Waals surface area contributed by atoms with Crippen LogP contribution in [0.2, 0.25) is 0 Å². The Bertz CT molecular complexity index is 818. The van der Waals surface area contributed by atoms with E-state index in [1.165, 1.54) is 5.56 Å². The molecule has 0 atom stereocenters. The predicted octanol–water partition coefficient (Wildman–Crippen LogP) is 4.94. The van der Waals surface area contributed by atoms with Crippen LogP contribution in [0.25, 0.3) is 22.4 Å². The van der Waals surface area contributed by atoms with E-state index in [0.29, 0.717) is 6.04 Å². The van der Waals surface area contributed by atoms with Gasteiger partial charge in [0.1, 0.15) is 5.82 Å². The summed E-state index contributed by atoms with van der Waals surface area (Å²) in [6, 6.07) is 12.6. The Hall–Kier alpha value is -1.81. The van der Waals surface area contributed by atoms with Gasteiger partial charge in [-0.2, -0.15) is 0 Å². The predicted molar refractivity (Wildman–Crippen MR) is 92.4 cm³/mol. The Morgan fingerprint density at radius 1 is 1.14 bits per heavy atom. The molecule has 0 aliphatic carbocycles. The van der Waals surface area contributed by atoms with E-state index in [1.807, 2.05) is 24.3 Å². The maximum atomic E-state index is 6.18. The first-order valence-electron chi connectivity index (χ1n) is 7.01. The van der Waals surface area contributed by atoms with Crippen LogP contribution in [0.1, 0.15) is 25.5 Å². The van der Waals surface area contributed by atoms with Gasteiger partial charge in [0.15, 0.2) is 0 Å². The van der Waals surface area contributed by atoms with Crippen molar-refractivity contribution in [1.29, 1.82) is 0 Å². The van der Waals surface area contributed by atoms with E-state index in [-0.39, 0.29) is 0 Å². The molecule has 0 saturated heterocycles. The molecule has 21 heavy (non-hydrogen) atoms. The minimum absolute atomic E-state index is 0.311. The maximum absolute atomic E-state index is 6.18. The van der Waals surface area contributed by atoms with Crippen molar-refractivity contribution in [1.82, 2.24) is 9.55 Å². The summed E-state index contributed by atoms with van der Waals surface area (Å²) in [6.07, 6.45) is 0. The number of aromatic nitrogens is 2. The van der Waals surface area contributed by atoms with Crippen molar-refractivity contribution in [2.75, 3.05) is 5.73 Å². The number of hydrogen-bond donors (Lipinski definition) is 1. The summed E-state index contributed by atoms with van der Waals surface area (Å²) < 4.78 is 3.28. The fraction of sp³-hybridized carbons (Fsp3) is 0.235. The normalized spacial score (nSPS) is 11.5. The van der Waals surface area contributed by atoms with E-state index < -0.39 is 0 Å². The lowest BCUT2D eigenvalue weighted by atomic mass is 10.1. The number of nitrogens with two attached hydrogens (primary N) is 1. The van der Waals surface area contributed by atoms with Gasteiger partial charge in [0.25, 0.3) is 0 Å². The van der Waals surface area contributed by atoms with E-state index in [9.17, 15) is 0 Å². The zero-order valence-electron chi connectivity index (χ0n) is 12.4. The molecule has 0 bridgehead atoms. The lowest BCUT2D eigenvalue weighted by molar-refractivity contribution is 0.624. The molecule has 0 fully saturated rings. The molecule has 0 unspecified atom stereocenters. The molecule has 0 saturated carbocycles. The van der Waals surface area contributed by atoms with Gasteiger partial charge in [-0.1, -0.05) is 27.6 Å². The number of benzene rings is 2. The van der Waals surface area contributed by atoms with E-state index in [0.717, 1.165) is 32.6 Å². The highest BCUT2D eigenvalue weighted by Gasteiger charge is 2.17. The van der Waals surface area contributed by atoms with Gasteiger partial charge >= 0.3 is 0 Å². The fourth-order valence-electron chi connectivity index (χ4n) is 2.65. The summed E-state index contributed by atoms with van der Waals surface area (Å²) in [7, 11) is 0. The van der Waals surface area contributed by atoms with Crippen LogP contribution >= 0.6 is 15.9 Å². The molecule has 3 rings (SSSR count). The molecule has 0 radical (unpaired) electrons. The van der Waals surface area contributed by atoms with Crippen molar-refractivity contribution in [3.8, 4) is 11.4 Å². The van der Waals surface area contributed by atoms with Crippen molar-refractivity contribution in [2.24, 2.45) is 0 Å². The van der Waals surface area contributed by atoms with Gasteiger partial charge < -0.3 is 10.3 Å². The van der Waals surface area contributed by atoms with Gasteiger partial charge in [0.2, 0.25) is 0 Å². The summed E-state index contributed by atoms with van der Waals surface area (Å²) in [5, 5.41) is 0. The zero-order chi connectivity index (χ0) is 15.1. The van der Waals surface area contributed by atoms with Crippen LogP contribution in [0, 0.1) is 6.92 Å². The molecule has 0 amide bonds. The molecular formula is C17H18BrN3. The second-order valence-electron chi connectivity index (χ2n) is 5.62. The zero-order valence-corrected chi connectivity index (χ0v) is 14.0. The van der Waals surface area contributed by atoms with Crippen molar-refractivity contribution in [3.63, 3.8) is 0 Å². The first-order valence-corrected chi connectivity index (χ1v) is 7.80. The second-order valence-corrected chi connectivity index (χ2v) is 6.54. The lowest BCUT2D eigenvalue weighted by Crippen LogP contribution is -2.04. The highest BCUT2D eigenvalue weighted by atomic mass is 79.9. The number of hydrogen-bond acceptors (Lipinski definition) is 2. The molecule has 2 N–H and O–H groups in total. The van der Waals surface area contributed by atoms with Crippen LogP contribution in [0.5, 0.6) is 0 Å². The molecule has 0 aliphatic rings. The smallest absolute Gasteiger partial charge is 0.143 e. The molecule has 108 valence electrons. The third-order valence-corrected chi connectivity index (χ3v) is 4.11. The first-order chi connectivity index (χ1) is 9.97. The third kappa shape index (κ3) is 2.44. The maximum Gasteiger partial charge on any atom is 0.143 e. The molecule has 4 heteroatoms. The quantitative estimate of drug-likeness (QED) is 0.670. The van der Waals surface area contributed by atoms with Gasteiger partial charge in [0.05, 0.1) is 11.0 Å². The van der Waals surface area contributed by atoms with Crippen LogP contribution in [-0.2, 0) is 0 Å². The lowest BCUT2D eigenvalue weighted by Gasteiger charge is -2.14. The molecular weight excluding hydrogens is 326 g/mol. The Labute approximate surface area is 132 Å². The molecule has 0 spiro atoms. The number of anilines is 1. The highest BCUT2D eigenvalue weighted by Crippen LogP contribution is 2.33. The Morgan fingerprint density at radius 3 is 2.62 bits per heavy atom. The molecule has 3 nitrogen and oxygen atoms in total. The minimum atomic E-state index is 0.311. The summed E-state index contributed by atoms with van der Waals surface area (Å²) in [6.45, 7) is 6.40. The van der Waals surface area contributed by atoms with Crippen molar-refractivity contribution in [2.45, 2.75) is 26.8 Å². The van der Waals surface area contributed by atoms with E-state index >= 15 is 0 Å². The molecule has 3 aromatic rings. The van der Waals surface area contributed by atoms with Crippen LogP contribution in [0.4, 0.5) is 5.69 Å².